The molecule has 3 aromatic carbocycles. The molecule has 0 N–H and O–H groups in total. The van der Waals surface area contributed by atoms with Gasteiger partial charge in [-0.2, -0.15) is 0 Å². The second-order valence-corrected chi connectivity index (χ2v) is 10.7. The minimum Gasteiger partial charge on any atom is -0.493 e. The molecule has 1 saturated heterocycles. The Balaban J connectivity index is 1.29. The van der Waals surface area contributed by atoms with Gasteiger partial charge < -0.3 is 19.3 Å². The Bertz CT molecular complexity index is 1530. The zero-order chi connectivity index (χ0) is 29.6. The standard InChI is InChI=1S/C32H32N4O5S/c1-22(37)23-12-14-25(15-13-23)34-16-18-35(19-17-34)29(38)21-42-32-33-27(31(39)36(32)26-9-5-4-6-10-26)20-24-8-7-11-28(40-2)30(24)41-3/h4-15,20H,16-19,21H2,1-3H3. The van der Waals surface area contributed by atoms with Crippen LogP contribution in [0.1, 0.15) is 22.8 Å². The van der Waals surface area contributed by atoms with Crippen molar-refractivity contribution in [3.05, 3.63) is 89.6 Å². The molecule has 0 aromatic heterocycles. The number of carbonyl (C=O) groups excluding carboxylic acids is 3. The molecule has 1 fully saturated rings. The maximum atomic E-state index is 13.6. The number of carbonyl (C=O) groups is 3. The Morgan fingerprint density at radius 1 is 0.881 bits per heavy atom. The van der Waals surface area contributed by atoms with Gasteiger partial charge in [-0.15, -0.1) is 0 Å². The third-order valence-electron chi connectivity index (χ3n) is 7.17. The molecule has 0 aliphatic carbocycles. The fraction of sp³-hybridized carbons (Fsp3) is 0.250. The molecule has 5 rings (SSSR count). The summed E-state index contributed by atoms with van der Waals surface area (Å²) in [5, 5.41) is 0.442. The van der Waals surface area contributed by atoms with Gasteiger partial charge in [0.15, 0.2) is 22.4 Å². The van der Waals surface area contributed by atoms with E-state index in [9.17, 15) is 14.4 Å². The molecule has 10 heteroatoms. The van der Waals surface area contributed by atoms with Crippen LogP contribution < -0.4 is 19.3 Å². The number of rotatable bonds is 8. The lowest BCUT2D eigenvalue weighted by Gasteiger charge is -2.36. The van der Waals surface area contributed by atoms with Gasteiger partial charge >= 0.3 is 0 Å². The molecule has 0 saturated carbocycles. The Labute approximate surface area is 249 Å². The average molecular weight is 585 g/mol. The van der Waals surface area contributed by atoms with Crippen molar-refractivity contribution in [3.63, 3.8) is 0 Å². The Kier molecular flexibility index (Phi) is 8.92. The van der Waals surface area contributed by atoms with E-state index in [0.29, 0.717) is 59.7 Å². The lowest BCUT2D eigenvalue weighted by Crippen LogP contribution is -2.49. The molecule has 2 aliphatic heterocycles. The first-order chi connectivity index (χ1) is 20.4. The van der Waals surface area contributed by atoms with Crippen LogP contribution in [0, 0.1) is 0 Å². The van der Waals surface area contributed by atoms with E-state index in [-0.39, 0.29) is 29.0 Å². The van der Waals surface area contributed by atoms with Crippen molar-refractivity contribution in [1.29, 1.82) is 0 Å². The molecule has 2 heterocycles. The summed E-state index contributed by atoms with van der Waals surface area (Å²) in [4.78, 5) is 48.6. The SMILES string of the molecule is COc1cccc(C=C2N=C(SCC(=O)N3CCN(c4ccc(C(C)=O)cc4)CC3)N(c3ccccc3)C2=O)c1OC. The summed E-state index contributed by atoms with van der Waals surface area (Å²) in [5.74, 6) is 0.948. The van der Waals surface area contributed by atoms with Crippen molar-refractivity contribution in [2.45, 2.75) is 6.92 Å². The fourth-order valence-electron chi connectivity index (χ4n) is 4.91. The fourth-order valence-corrected chi connectivity index (χ4v) is 5.82. The molecule has 0 radical (unpaired) electrons. The first-order valence-corrected chi connectivity index (χ1v) is 14.6. The monoisotopic (exact) mass is 584 g/mol. The smallest absolute Gasteiger partial charge is 0.283 e. The van der Waals surface area contributed by atoms with Crippen LogP contribution in [-0.4, -0.2) is 73.8 Å². The highest BCUT2D eigenvalue weighted by Crippen LogP contribution is 2.35. The van der Waals surface area contributed by atoms with Crippen LogP contribution >= 0.6 is 11.8 Å². The molecule has 0 spiro atoms. The number of para-hydroxylation sites is 2. The first kappa shape index (κ1) is 28.9. The molecular formula is C32H32N4O5S. The highest BCUT2D eigenvalue weighted by Gasteiger charge is 2.33. The summed E-state index contributed by atoms with van der Waals surface area (Å²) < 4.78 is 10.9. The summed E-state index contributed by atoms with van der Waals surface area (Å²) >= 11 is 1.25. The van der Waals surface area contributed by atoms with Gasteiger partial charge in [0, 0.05) is 43.0 Å². The van der Waals surface area contributed by atoms with Gasteiger partial charge in [0.1, 0.15) is 5.70 Å². The number of ether oxygens (including phenoxy) is 2. The predicted molar refractivity (Wildman–Crippen MR) is 167 cm³/mol. The van der Waals surface area contributed by atoms with Gasteiger partial charge in [0.25, 0.3) is 5.91 Å². The number of amidine groups is 1. The normalized spacial score (nSPS) is 16.1. The number of nitrogens with zero attached hydrogens (tertiary/aromatic N) is 4. The molecule has 0 unspecified atom stereocenters. The molecule has 42 heavy (non-hydrogen) atoms. The maximum absolute atomic E-state index is 13.6. The zero-order valence-corrected chi connectivity index (χ0v) is 24.6. The summed E-state index contributed by atoms with van der Waals surface area (Å²) in [6.07, 6.45) is 1.68. The van der Waals surface area contributed by atoms with Crippen LogP contribution in [0.5, 0.6) is 11.5 Å². The number of anilines is 2. The summed E-state index contributed by atoms with van der Waals surface area (Å²) in [5.41, 5.74) is 3.29. The largest absolute Gasteiger partial charge is 0.493 e. The summed E-state index contributed by atoms with van der Waals surface area (Å²) in [6.45, 7) is 4.12. The minimum atomic E-state index is -0.287. The molecular weight excluding hydrogens is 552 g/mol. The number of hydrogen-bond acceptors (Lipinski definition) is 8. The number of hydrogen-bond donors (Lipinski definition) is 0. The molecule has 0 atom stereocenters. The van der Waals surface area contributed by atoms with Gasteiger partial charge in [-0.25, -0.2) is 4.99 Å². The first-order valence-electron chi connectivity index (χ1n) is 13.6. The van der Waals surface area contributed by atoms with Crippen molar-refractivity contribution < 1.29 is 23.9 Å². The van der Waals surface area contributed by atoms with E-state index in [0.717, 1.165) is 5.69 Å². The number of aliphatic imine (C=N–C) groups is 1. The van der Waals surface area contributed by atoms with Gasteiger partial charge in [-0.3, -0.25) is 19.3 Å². The van der Waals surface area contributed by atoms with Gasteiger partial charge in [-0.05, 0) is 55.5 Å². The average Bonchev–Trinajstić information content (AvgIpc) is 3.34. The van der Waals surface area contributed by atoms with Crippen LogP contribution in [0.15, 0.2) is 83.5 Å². The third-order valence-corrected chi connectivity index (χ3v) is 8.09. The summed E-state index contributed by atoms with van der Waals surface area (Å²) in [6, 6.07) is 22.3. The summed E-state index contributed by atoms with van der Waals surface area (Å²) in [7, 11) is 3.11. The van der Waals surface area contributed by atoms with Gasteiger partial charge in [0.2, 0.25) is 5.91 Å². The quantitative estimate of drug-likeness (QED) is 0.279. The van der Waals surface area contributed by atoms with Crippen LogP contribution in [0.2, 0.25) is 0 Å². The van der Waals surface area contributed by atoms with Gasteiger partial charge in [0.05, 0.1) is 25.7 Å². The molecule has 3 aromatic rings. The molecule has 216 valence electrons. The van der Waals surface area contributed by atoms with Gasteiger partial charge in [-0.1, -0.05) is 42.1 Å². The second-order valence-electron chi connectivity index (χ2n) is 9.74. The lowest BCUT2D eigenvalue weighted by atomic mass is 10.1. The van der Waals surface area contributed by atoms with Crippen LogP contribution in [-0.2, 0) is 9.59 Å². The Morgan fingerprint density at radius 3 is 2.24 bits per heavy atom. The highest BCUT2D eigenvalue weighted by atomic mass is 32.2. The van der Waals surface area contributed by atoms with Crippen LogP contribution in [0.4, 0.5) is 11.4 Å². The van der Waals surface area contributed by atoms with Crippen molar-refractivity contribution in [2.24, 2.45) is 4.99 Å². The van der Waals surface area contributed by atoms with Crippen LogP contribution in [0.25, 0.3) is 6.08 Å². The Hall–Kier alpha value is -4.57. The molecule has 9 nitrogen and oxygen atoms in total. The topological polar surface area (TPSA) is 91.8 Å². The van der Waals surface area contributed by atoms with Crippen molar-refractivity contribution in [3.8, 4) is 11.5 Å². The number of benzene rings is 3. The molecule has 2 amide bonds. The zero-order valence-electron chi connectivity index (χ0n) is 23.8. The number of methoxy groups -OCH3 is 2. The number of piperazine rings is 1. The third kappa shape index (κ3) is 6.18. The Morgan fingerprint density at radius 2 is 1.60 bits per heavy atom. The van der Waals surface area contributed by atoms with Crippen molar-refractivity contribution in [2.75, 3.05) is 56.0 Å². The number of ketones is 1. The van der Waals surface area contributed by atoms with E-state index in [2.05, 4.69) is 9.89 Å². The predicted octanol–water partition coefficient (Wildman–Crippen LogP) is 4.73. The van der Waals surface area contributed by atoms with Crippen molar-refractivity contribution >= 4 is 52.0 Å². The second kappa shape index (κ2) is 12.9. The van der Waals surface area contributed by atoms with E-state index in [4.69, 9.17) is 9.47 Å². The van der Waals surface area contributed by atoms with E-state index >= 15 is 0 Å². The number of amides is 2. The lowest BCUT2D eigenvalue weighted by molar-refractivity contribution is -0.128. The maximum Gasteiger partial charge on any atom is 0.283 e. The van der Waals surface area contributed by atoms with E-state index in [1.165, 1.54) is 11.8 Å². The molecule has 2 aliphatic rings. The minimum absolute atomic E-state index is 0.0124. The van der Waals surface area contributed by atoms with Crippen molar-refractivity contribution in [1.82, 2.24) is 4.90 Å². The number of thioether (sulfide) groups is 1. The van der Waals surface area contributed by atoms with E-state index in [1.54, 1.807) is 38.2 Å². The molecule has 0 bridgehead atoms. The van der Waals surface area contributed by atoms with Crippen LogP contribution in [0.3, 0.4) is 0 Å². The van der Waals surface area contributed by atoms with E-state index in [1.807, 2.05) is 71.6 Å². The highest BCUT2D eigenvalue weighted by molar-refractivity contribution is 8.14. The van der Waals surface area contributed by atoms with E-state index < -0.39 is 0 Å². The number of Topliss-reactive ketones (excluding diaryl/α,β-unsaturated/α-hetero) is 1.